The number of fused-ring (bicyclic) bond motifs is 1. The molecule has 1 aliphatic heterocycles. The fourth-order valence-corrected chi connectivity index (χ4v) is 4.42. The number of hydrogen-bond donors (Lipinski definition) is 2. The van der Waals surface area contributed by atoms with Crippen molar-refractivity contribution in [3.63, 3.8) is 0 Å². The highest BCUT2D eigenvalue weighted by atomic mass is 32.1. The minimum absolute atomic E-state index is 0.114. The molecule has 110 valence electrons. The van der Waals surface area contributed by atoms with Crippen molar-refractivity contribution in [3.8, 4) is 0 Å². The second-order valence-corrected chi connectivity index (χ2v) is 7.00. The van der Waals surface area contributed by atoms with Crippen molar-refractivity contribution in [1.82, 2.24) is 10.3 Å². The Bertz CT molecular complexity index is 468. The molecule has 2 heterocycles. The third-order valence-electron chi connectivity index (χ3n) is 4.42. The summed E-state index contributed by atoms with van der Waals surface area (Å²) in [6.07, 6.45) is 8.63. The minimum Gasteiger partial charge on any atom is -0.303 e. The molecule has 0 saturated carbocycles. The van der Waals surface area contributed by atoms with Gasteiger partial charge in [-0.3, -0.25) is 4.79 Å². The largest absolute Gasteiger partial charge is 0.303 e. The van der Waals surface area contributed by atoms with E-state index in [4.69, 9.17) is 0 Å². The SMILES string of the molecule is CCCC1(C(=O)Nc2nc3c(s2)CCCC3)CCCN1. The Hall–Kier alpha value is -0.940. The molecular formula is C15H23N3OS. The monoisotopic (exact) mass is 293 g/mol. The summed E-state index contributed by atoms with van der Waals surface area (Å²) in [6.45, 7) is 3.08. The van der Waals surface area contributed by atoms with Gasteiger partial charge in [-0.05, 0) is 51.5 Å². The summed E-state index contributed by atoms with van der Waals surface area (Å²) < 4.78 is 0. The highest BCUT2D eigenvalue weighted by molar-refractivity contribution is 7.15. The van der Waals surface area contributed by atoms with E-state index in [-0.39, 0.29) is 11.4 Å². The summed E-state index contributed by atoms with van der Waals surface area (Å²) in [4.78, 5) is 18.6. The van der Waals surface area contributed by atoms with E-state index < -0.39 is 0 Å². The van der Waals surface area contributed by atoms with Gasteiger partial charge in [-0.2, -0.15) is 0 Å². The third-order valence-corrected chi connectivity index (χ3v) is 5.49. The number of amides is 1. The number of thiazole rings is 1. The van der Waals surface area contributed by atoms with Crippen LogP contribution >= 0.6 is 11.3 Å². The minimum atomic E-state index is -0.360. The molecule has 0 bridgehead atoms. The Kier molecular flexibility index (Phi) is 4.08. The van der Waals surface area contributed by atoms with Crippen LogP contribution < -0.4 is 10.6 Å². The standard InChI is InChI=1S/C15H23N3OS/c1-2-8-15(9-5-10-16-15)13(19)18-14-17-11-6-3-4-7-12(11)20-14/h16H,2-10H2,1H3,(H,17,18,19). The summed E-state index contributed by atoms with van der Waals surface area (Å²) >= 11 is 1.67. The van der Waals surface area contributed by atoms with Crippen LogP contribution in [-0.2, 0) is 17.6 Å². The van der Waals surface area contributed by atoms with E-state index in [0.29, 0.717) is 0 Å². The van der Waals surface area contributed by atoms with Gasteiger partial charge in [0.1, 0.15) is 0 Å². The third kappa shape index (κ3) is 2.61. The van der Waals surface area contributed by atoms with Gasteiger partial charge in [0.25, 0.3) is 0 Å². The number of nitrogens with one attached hydrogen (secondary N) is 2. The predicted molar refractivity (Wildman–Crippen MR) is 82.3 cm³/mol. The first-order valence-electron chi connectivity index (χ1n) is 7.78. The van der Waals surface area contributed by atoms with Gasteiger partial charge in [-0.25, -0.2) is 4.98 Å². The van der Waals surface area contributed by atoms with Crippen molar-refractivity contribution in [2.45, 2.75) is 63.8 Å². The van der Waals surface area contributed by atoms with Crippen LogP contribution in [0.5, 0.6) is 0 Å². The molecule has 1 unspecified atom stereocenters. The van der Waals surface area contributed by atoms with Gasteiger partial charge in [-0.1, -0.05) is 13.3 Å². The molecule has 2 aliphatic rings. The van der Waals surface area contributed by atoms with Gasteiger partial charge >= 0.3 is 0 Å². The second-order valence-electron chi connectivity index (χ2n) is 5.91. The molecule has 5 heteroatoms. The van der Waals surface area contributed by atoms with Gasteiger partial charge in [0.05, 0.1) is 11.2 Å². The number of carbonyl (C=O) groups excluding carboxylic acids is 1. The fraction of sp³-hybridized carbons (Fsp3) is 0.733. The lowest BCUT2D eigenvalue weighted by molar-refractivity contribution is -0.122. The van der Waals surface area contributed by atoms with Gasteiger partial charge in [0.2, 0.25) is 5.91 Å². The Labute approximate surface area is 124 Å². The quantitative estimate of drug-likeness (QED) is 0.897. The maximum atomic E-state index is 12.6. The van der Waals surface area contributed by atoms with Crippen molar-refractivity contribution >= 4 is 22.4 Å². The Morgan fingerprint density at radius 2 is 2.25 bits per heavy atom. The van der Waals surface area contributed by atoms with Gasteiger partial charge < -0.3 is 10.6 Å². The van der Waals surface area contributed by atoms with E-state index in [1.807, 2.05) is 0 Å². The Balaban J connectivity index is 1.73. The van der Waals surface area contributed by atoms with E-state index >= 15 is 0 Å². The first-order valence-corrected chi connectivity index (χ1v) is 8.60. The number of carbonyl (C=O) groups is 1. The lowest BCUT2D eigenvalue weighted by atomic mass is 9.91. The van der Waals surface area contributed by atoms with E-state index in [1.165, 1.54) is 23.4 Å². The van der Waals surface area contributed by atoms with Crippen LogP contribution in [0.3, 0.4) is 0 Å². The van der Waals surface area contributed by atoms with E-state index in [2.05, 4.69) is 22.5 Å². The molecule has 1 saturated heterocycles. The molecule has 1 aliphatic carbocycles. The first-order chi connectivity index (χ1) is 9.73. The number of aryl methyl sites for hydroxylation is 2. The van der Waals surface area contributed by atoms with E-state index in [1.54, 1.807) is 11.3 Å². The summed E-state index contributed by atoms with van der Waals surface area (Å²) in [5, 5.41) is 7.29. The zero-order chi connectivity index (χ0) is 14.0. The predicted octanol–water partition coefficient (Wildman–Crippen LogP) is 2.88. The summed E-state index contributed by atoms with van der Waals surface area (Å²) in [5.74, 6) is 0.114. The topological polar surface area (TPSA) is 54.0 Å². The van der Waals surface area contributed by atoms with E-state index in [0.717, 1.165) is 50.2 Å². The van der Waals surface area contributed by atoms with Crippen LogP contribution in [0.25, 0.3) is 0 Å². The van der Waals surface area contributed by atoms with Crippen LogP contribution in [0.1, 0.15) is 56.0 Å². The molecule has 3 rings (SSSR count). The van der Waals surface area contributed by atoms with E-state index in [9.17, 15) is 4.79 Å². The molecular weight excluding hydrogens is 270 g/mol. The van der Waals surface area contributed by atoms with Crippen molar-refractivity contribution in [2.75, 3.05) is 11.9 Å². The number of nitrogens with zero attached hydrogens (tertiary/aromatic N) is 1. The maximum Gasteiger partial charge on any atom is 0.246 e. The Morgan fingerprint density at radius 3 is 2.95 bits per heavy atom. The zero-order valence-corrected chi connectivity index (χ0v) is 12.9. The zero-order valence-electron chi connectivity index (χ0n) is 12.1. The molecule has 1 aromatic heterocycles. The molecule has 0 aromatic carbocycles. The van der Waals surface area contributed by atoms with Crippen LogP contribution in [0, 0.1) is 0 Å². The van der Waals surface area contributed by atoms with Gasteiger partial charge in [0.15, 0.2) is 5.13 Å². The van der Waals surface area contributed by atoms with Crippen LogP contribution in [0.4, 0.5) is 5.13 Å². The highest BCUT2D eigenvalue weighted by Crippen LogP contribution is 2.31. The van der Waals surface area contributed by atoms with Crippen molar-refractivity contribution in [3.05, 3.63) is 10.6 Å². The number of hydrogen-bond acceptors (Lipinski definition) is 4. The van der Waals surface area contributed by atoms with Crippen LogP contribution in [-0.4, -0.2) is 23.0 Å². The molecule has 0 radical (unpaired) electrons. The van der Waals surface area contributed by atoms with Crippen LogP contribution in [0.2, 0.25) is 0 Å². The van der Waals surface area contributed by atoms with Crippen molar-refractivity contribution in [1.29, 1.82) is 0 Å². The Morgan fingerprint density at radius 1 is 1.40 bits per heavy atom. The summed E-state index contributed by atoms with van der Waals surface area (Å²) in [7, 11) is 0. The fourth-order valence-electron chi connectivity index (χ4n) is 3.38. The average molecular weight is 293 g/mol. The normalized spacial score (nSPS) is 25.4. The molecule has 1 aromatic rings. The maximum absolute atomic E-state index is 12.6. The molecule has 1 amide bonds. The number of anilines is 1. The van der Waals surface area contributed by atoms with Gasteiger partial charge in [0, 0.05) is 4.88 Å². The number of aromatic nitrogens is 1. The van der Waals surface area contributed by atoms with Gasteiger partial charge in [-0.15, -0.1) is 11.3 Å². The summed E-state index contributed by atoms with van der Waals surface area (Å²) in [6, 6.07) is 0. The van der Waals surface area contributed by atoms with Crippen LogP contribution in [0.15, 0.2) is 0 Å². The first kappa shape index (κ1) is 14.0. The highest BCUT2D eigenvalue weighted by Gasteiger charge is 2.40. The lowest BCUT2D eigenvalue weighted by Gasteiger charge is -2.27. The molecule has 1 atom stereocenters. The molecule has 1 fully saturated rings. The van der Waals surface area contributed by atoms with Crippen molar-refractivity contribution < 1.29 is 4.79 Å². The molecule has 0 spiro atoms. The smallest absolute Gasteiger partial charge is 0.246 e. The summed E-state index contributed by atoms with van der Waals surface area (Å²) in [5.41, 5.74) is 0.849. The molecule has 2 N–H and O–H groups in total. The second kappa shape index (κ2) is 5.82. The molecule has 4 nitrogen and oxygen atoms in total. The average Bonchev–Trinajstić information content (AvgIpc) is 3.05. The number of rotatable bonds is 4. The molecule has 20 heavy (non-hydrogen) atoms. The van der Waals surface area contributed by atoms with Crippen molar-refractivity contribution in [2.24, 2.45) is 0 Å². The lowest BCUT2D eigenvalue weighted by Crippen LogP contribution is -2.50.